The summed E-state index contributed by atoms with van der Waals surface area (Å²) in [6.07, 6.45) is 1.61. The number of hydrogen-bond donors (Lipinski definition) is 1. The number of nitrogens with zero attached hydrogens (tertiary/aromatic N) is 1. The van der Waals surface area contributed by atoms with Gasteiger partial charge in [-0.25, -0.2) is 4.79 Å². The Hall–Kier alpha value is -1.30. The van der Waals surface area contributed by atoms with Gasteiger partial charge in [-0.05, 0) is 33.6 Å². The number of hydrogen-bond acceptors (Lipinski definition) is 5. The van der Waals surface area contributed by atoms with Crippen LogP contribution in [0.5, 0.6) is 0 Å². The van der Waals surface area contributed by atoms with Crippen molar-refractivity contribution in [3.8, 4) is 0 Å². The van der Waals surface area contributed by atoms with Gasteiger partial charge in [-0.3, -0.25) is 10.0 Å². The van der Waals surface area contributed by atoms with Gasteiger partial charge in [0.2, 0.25) is 0 Å². The highest BCUT2D eigenvalue weighted by Gasteiger charge is 2.20. The van der Waals surface area contributed by atoms with Crippen molar-refractivity contribution in [3.63, 3.8) is 0 Å². The van der Waals surface area contributed by atoms with Gasteiger partial charge in [-0.15, -0.1) is 0 Å². The summed E-state index contributed by atoms with van der Waals surface area (Å²) < 4.78 is 9.47. The number of carbonyl (C=O) groups excluding carboxylic acids is 2. The number of esters is 1. The third-order valence-corrected chi connectivity index (χ3v) is 2.08. The van der Waals surface area contributed by atoms with Crippen LogP contribution in [-0.4, -0.2) is 41.6 Å². The molecule has 0 radical (unpaired) electrons. The van der Waals surface area contributed by atoms with Crippen LogP contribution in [0.15, 0.2) is 0 Å². The van der Waals surface area contributed by atoms with Crippen LogP contribution in [0.25, 0.3) is 0 Å². The van der Waals surface area contributed by atoms with E-state index in [-0.39, 0.29) is 12.5 Å². The highest BCUT2D eigenvalue weighted by atomic mass is 16.6. The molecule has 0 saturated carbocycles. The minimum absolute atomic E-state index is 0.191. The van der Waals surface area contributed by atoms with Gasteiger partial charge < -0.3 is 9.47 Å². The number of hydroxylamine groups is 2. The van der Waals surface area contributed by atoms with Crippen molar-refractivity contribution < 1.29 is 24.3 Å². The normalized spacial score (nSPS) is 10.9. The maximum absolute atomic E-state index is 11.4. The summed E-state index contributed by atoms with van der Waals surface area (Å²) in [7, 11) is 1.35. The van der Waals surface area contributed by atoms with Crippen molar-refractivity contribution in [1.82, 2.24) is 5.06 Å². The first-order chi connectivity index (χ1) is 8.26. The van der Waals surface area contributed by atoms with Crippen molar-refractivity contribution in [3.05, 3.63) is 0 Å². The summed E-state index contributed by atoms with van der Waals surface area (Å²) in [6.45, 7) is 5.38. The zero-order chi connectivity index (χ0) is 14.2. The Labute approximate surface area is 108 Å². The van der Waals surface area contributed by atoms with Gasteiger partial charge in [0.15, 0.2) is 0 Å². The predicted octanol–water partition coefficient (Wildman–Crippen LogP) is 2.35. The second-order valence-corrected chi connectivity index (χ2v) is 4.99. The lowest BCUT2D eigenvalue weighted by atomic mass is 10.2. The molecule has 0 aliphatic heterocycles. The summed E-state index contributed by atoms with van der Waals surface area (Å²) in [5.74, 6) is -0.247. The number of ether oxygens (including phenoxy) is 2. The van der Waals surface area contributed by atoms with Crippen LogP contribution in [0.1, 0.15) is 46.5 Å². The highest BCUT2D eigenvalue weighted by Crippen LogP contribution is 2.10. The third kappa shape index (κ3) is 8.81. The fraction of sp³-hybridized carbons (Fsp3) is 0.833. The van der Waals surface area contributed by atoms with E-state index in [0.29, 0.717) is 24.3 Å². The summed E-state index contributed by atoms with van der Waals surface area (Å²) in [4.78, 5) is 22.2. The van der Waals surface area contributed by atoms with Crippen molar-refractivity contribution in [2.24, 2.45) is 0 Å². The fourth-order valence-corrected chi connectivity index (χ4v) is 1.22. The lowest BCUT2D eigenvalue weighted by Gasteiger charge is -2.23. The van der Waals surface area contributed by atoms with Gasteiger partial charge in [0, 0.05) is 6.42 Å². The van der Waals surface area contributed by atoms with E-state index in [1.807, 2.05) is 0 Å². The van der Waals surface area contributed by atoms with Gasteiger partial charge in [0.1, 0.15) is 5.60 Å². The largest absolute Gasteiger partial charge is 0.469 e. The molecule has 0 heterocycles. The van der Waals surface area contributed by atoms with Crippen LogP contribution in [0, 0.1) is 0 Å². The molecule has 0 saturated heterocycles. The Balaban J connectivity index is 3.67. The van der Waals surface area contributed by atoms with Crippen LogP contribution in [0.2, 0.25) is 0 Å². The molecule has 0 fully saturated rings. The lowest BCUT2D eigenvalue weighted by Crippen LogP contribution is -2.35. The Kier molecular flexibility index (Phi) is 7.35. The molecule has 18 heavy (non-hydrogen) atoms. The Morgan fingerprint density at radius 3 is 2.28 bits per heavy atom. The van der Waals surface area contributed by atoms with E-state index < -0.39 is 11.7 Å². The lowest BCUT2D eigenvalue weighted by molar-refractivity contribution is -0.140. The highest BCUT2D eigenvalue weighted by molar-refractivity contribution is 5.69. The van der Waals surface area contributed by atoms with E-state index in [4.69, 9.17) is 4.74 Å². The first-order valence-corrected chi connectivity index (χ1v) is 6.02. The summed E-state index contributed by atoms with van der Waals surface area (Å²) >= 11 is 0. The first kappa shape index (κ1) is 16.7. The molecule has 106 valence electrons. The summed E-state index contributed by atoms with van der Waals surface area (Å²) in [5.41, 5.74) is -0.622. The quantitative estimate of drug-likeness (QED) is 0.344. The van der Waals surface area contributed by atoms with Crippen molar-refractivity contribution >= 4 is 12.1 Å². The van der Waals surface area contributed by atoms with E-state index >= 15 is 0 Å². The zero-order valence-corrected chi connectivity index (χ0v) is 11.6. The molecule has 1 N–H and O–H groups in total. The fourth-order valence-electron chi connectivity index (χ4n) is 1.22. The van der Waals surface area contributed by atoms with Crippen molar-refractivity contribution in [1.29, 1.82) is 0 Å². The maximum Gasteiger partial charge on any atom is 0.434 e. The average molecular weight is 261 g/mol. The molecule has 0 rings (SSSR count). The molecule has 0 bridgehead atoms. The summed E-state index contributed by atoms with van der Waals surface area (Å²) in [5, 5.41) is 9.96. The molecular formula is C12H23NO5. The number of rotatable bonds is 6. The van der Waals surface area contributed by atoms with Crippen LogP contribution < -0.4 is 0 Å². The first-order valence-electron chi connectivity index (χ1n) is 6.02. The van der Waals surface area contributed by atoms with Gasteiger partial charge in [0.25, 0.3) is 0 Å². The molecule has 6 nitrogen and oxygen atoms in total. The van der Waals surface area contributed by atoms with E-state index in [9.17, 15) is 14.8 Å². The average Bonchev–Trinajstić information content (AvgIpc) is 2.25. The van der Waals surface area contributed by atoms with Gasteiger partial charge in [-0.2, -0.15) is 5.06 Å². The molecule has 0 unspecified atom stereocenters. The zero-order valence-electron chi connectivity index (χ0n) is 11.6. The van der Waals surface area contributed by atoms with Gasteiger partial charge >= 0.3 is 12.1 Å². The molecule has 6 heteroatoms. The Morgan fingerprint density at radius 2 is 1.78 bits per heavy atom. The predicted molar refractivity (Wildman–Crippen MR) is 65.2 cm³/mol. The Morgan fingerprint density at radius 1 is 1.17 bits per heavy atom. The van der Waals surface area contributed by atoms with Gasteiger partial charge in [0.05, 0.1) is 13.7 Å². The number of amides is 1. The number of methoxy groups -OCH3 is 1. The monoisotopic (exact) mass is 261 g/mol. The SMILES string of the molecule is COC(=O)CCCCCN(O)C(=O)OC(C)(C)C. The molecule has 0 aliphatic rings. The topological polar surface area (TPSA) is 76.1 Å². The molecule has 0 aromatic heterocycles. The van der Waals surface area contributed by atoms with Gasteiger partial charge in [-0.1, -0.05) is 6.42 Å². The van der Waals surface area contributed by atoms with Crippen LogP contribution in [-0.2, 0) is 14.3 Å². The van der Waals surface area contributed by atoms with E-state index in [1.54, 1.807) is 20.8 Å². The molecule has 0 aliphatic carbocycles. The second-order valence-electron chi connectivity index (χ2n) is 4.99. The molecule has 0 aromatic carbocycles. The third-order valence-electron chi connectivity index (χ3n) is 2.08. The van der Waals surface area contributed by atoms with Crippen LogP contribution in [0.4, 0.5) is 4.79 Å². The molecule has 0 atom stereocenters. The molecule has 0 aromatic rings. The molecule has 1 amide bonds. The van der Waals surface area contributed by atoms with Crippen molar-refractivity contribution in [2.75, 3.05) is 13.7 Å². The minimum atomic E-state index is -0.754. The molecule has 0 spiro atoms. The number of carbonyl (C=O) groups is 2. The molecular weight excluding hydrogens is 238 g/mol. The smallest absolute Gasteiger partial charge is 0.434 e. The van der Waals surface area contributed by atoms with E-state index in [0.717, 1.165) is 6.42 Å². The summed E-state index contributed by atoms with van der Waals surface area (Å²) in [6, 6.07) is 0. The van der Waals surface area contributed by atoms with Crippen molar-refractivity contribution in [2.45, 2.75) is 52.1 Å². The van der Waals surface area contributed by atoms with E-state index in [2.05, 4.69) is 4.74 Å². The Bertz CT molecular complexity index is 272. The second kappa shape index (κ2) is 7.92. The van der Waals surface area contributed by atoms with Crippen LogP contribution in [0.3, 0.4) is 0 Å². The minimum Gasteiger partial charge on any atom is -0.469 e. The van der Waals surface area contributed by atoms with E-state index in [1.165, 1.54) is 7.11 Å². The van der Waals surface area contributed by atoms with Crippen LogP contribution >= 0.6 is 0 Å². The standard InChI is InChI=1S/C12H23NO5/c1-12(2,3)18-11(15)13(16)9-7-5-6-8-10(14)17-4/h16H,5-9H2,1-4H3. The maximum atomic E-state index is 11.4. The number of unbranched alkanes of at least 4 members (excludes halogenated alkanes) is 2.